The van der Waals surface area contributed by atoms with E-state index in [1.807, 2.05) is 12.2 Å². The van der Waals surface area contributed by atoms with Gasteiger partial charge in [0.25, 0.3) is 0 Å². The molecule has 0 aromatic rings. The van der Waals surface area contributed by atoms with Gasteiger partial charge in [-0.25, -0.2) is 5.26 Å². The monoisotopic (exact) mass is 312 g/mol. The minimum absolute atomic E-state index is 0.286. The molecule has 0 radical (unpaired) electrons. The lowest BCUT2D eigenvalue weighted by atomic mass is 10.1. The van der Waals surface area contributed by atoms with Crippen LogP contribution in [0.3, 0.4) is 0 Å². The summed E-state index contributed by atoms with van der Waals surface area (Å²) >= 11 is 0. The summed E-state index contributed by atoms with van der Waals surface area (Å²) in [5.74, 6) is -0.0754. The average Bonchev–Trinajstić information content (AvgIpc) is 2.50. The van der Waals surface area contributed by atoms with Crippen molar-refractivity contribution in [3.05, 3.63) is 24.0 Å². The molecule has 0 aliphatic carbocycles. The zero-order valence-electron chi connectivity index (χ0n) is 13.9. The number of carboxylic acids is 1. The van der Waals surface area contributed by atoms with E-state index in [2.05, 4.69) is 17.9 Å². The van der Waals surface area contributed by atoms with Crippen molar-refractivity contribution in [1.29, 1.82) is 0 Å². The Morgan fingerprint density at radius 1 is 0.955 bits per heavy atom. The van der Waals surface area contributed by atoms with Gasteiger partial charge < -0.3 is 9.99 Å². The van der Waals surface area contributed by atoms with E-state index in [1.54, 1.807) is 0 Å². The summed E-state index contributed by atoms with van der Waals surface area (Å²) in [5, 5.41) is 17.3. The van der Waals surface area contributed by atoms with E-state index < -0.39 is 5.97 Å². The first-order valence-electron chi connectivity index (χ1n) is 8.58. The van der Waals surface area contributed by atoms with Crippen molar-refractivity contribution < 1.29 is 20.0 Å². The molecule has 0 aromatic carbocycles. The van der Waals surface area contributed by atoms with Gasteiger partial charge in [0.15, 0.2) is 0 Å². The summed E-state index contributed by atoms with van der Waals surface area (Å²) < 4.78 is 0. The van der Waals surface area contributed by atoms with Crippen LogP contribution in [-0.4, -0.2) is 16.3 Å². The summed E-state index contributed by atoms with van der Waals surface area (Å²) in [6.45, 7) is 2.17. The number of allylic oxidation sites excluding steroid dienone is 3. The molecule has 0 aromatic heterocycles. The van der Waals surface area contributed by atoms with E-state index in [9.17, 15) is 4.79 Å². The van der Waals surface area contributed by atoms with Gasteiger partial charge in [0, 0.05) is 12.8 Å². The average molecular weight is 312 g/mol. The second-order valence-corrected chi connectivity index (χ2v) is 5.63. The summed E-state index contributed by atoms with van der Waals surface area (Å²) in [6, 6.07) is 0. The lowest BCUT2D eigenvalue weighted by molar-refractivity contribution is -0.204. The van der Waals surface area contributed by atoms with Crippen LogP contribution in [0.15, 0.2) is 24.0 Å². The van der Waals surface area contributed by atoms with Gasteiger partial charge >= 0.3 is 5.97 Å². The van der Waals surface area contributed by atoms with Gasteiger partial charge in [-0.15, -0.1) is 0 Å². The Labute approximate surface area is 134 Å². The Bertz CT molecular complexity index is 321. The van der Waals surface area contributed by atoms with Crippen molar-refractivity contribution >= 4 is 5.97 Å². The van der Waals surface area contributed by atoms with E-state index in [-0.39, 0.29) is 6.42 Å². The highest BCUT2D eigenvalue weighted by Gasteiger charge is 1.97. The van der Waals surface area contributed by atoms with Gasteiger partial charge in [0.2, 0.25) is 0 Å². The molecule has 0 amide bonds. The molecule has 0 aliphatic heterocycles. The topological polar surface area (TPSA) is 66.8 Å². The maximum absolute atomic E-state index is 10.3. The molecule has 0 spiro atoms. The molecule has 0 aliphatic rings. The highest BCUT2D eigenvalue weighted by Crippen LogP contribution is 2.10. The fourth-order valence-corrected chi connectivity index (χ4v) is 2.20. The molecule has 2 N–H and O–H groups in total. The van der Waals surface area contributed by atoms with Crippen LogP contribution in [0.5, 0.6) is 0 Å². The number of unbranched alkanes of at least 4 members (excludes halogenated alkanes) is 8. The van der Waals surface area contributed by atoms with Gasteiger partial charge in [-0.1, -0.05) is 51.2 Å². The molecule has 0 atom stereocenters. The zero-order chi connectivity index (χ0) is 16.5. The molecule has 0 saturated heterocycles. The van der Waals surface area contributed by atoms with E-state index in [0.29, 0.717) is 12.2 Å². The van der Waals surface area contributed by atoms with Gasteiger partial charge in [0.05, 0.1) is 0 Å². The smallest absolute Gasteiger partial charge is 0.303 e. The van der Waals surface area contributed by atoms with Crippen molar-refractivity contribution in [2.75, 3.05) is 0 Å². The summed E-state index contributed by atoms with van der Waals surface area (Å²) in [4.78, 5) is 14.7. The number of carboxylic acid groups (broad SMARTS) is 1. The Morgan fingerprint density at radius 3 is 2.32 bits per heavy atom. The number of hydrogen-bond acceptors (Lipinski definition) is 3. The van der Waals surface area contributed by atoms with E-state index >= 15 is 0 Å². The summed E-state index contributed by atoms with van der Waals surface area (Å²) in [7, 11) is 0. The lowest BCUT2D eigenvalue weighted by Crippen LogP contribution is -1.93. The van der Waals surface area contributed by atoms with Crippen LogP contribution in [0, 0.1) is 0 Å². The number of hydrogen-bond donors (Lipinski definition) is 2. The van der Waals surface area contributed by atoms with Crippen LogP contribution in [-0.2, 0) is 9.68 Å². The van der Waals surface area contributed by atoms with Gasteiger partial charge in [-0.2, -0.15) is 0 Å². The lowest BCUT2D eigenvalue weighted by Gasteiger charge is -2.01. The predicted octanol–water partition coefficient (Wildman–Crippen LogP) is 5.70. The first kappa shape index (κ1) is 20.7. The third kappa shape index (κ3) is 15.1. The van der Waals surface area contributed by atoms with E-state index in [4.69, 9.17) is 10.4 Å². The van der Waals surface area contributed by atoms with E-state index in [0.717, 1.165) is 51.4 Å². The SMILES string of the molecule is CCCCC/C=C(/C/C=C\CCCCCCCC(=O)O)OO. The Balaban J connectivity index is 3.53. The zero-order valence-corrected chi connectivity index (χ0v) is 13.9. The third-order valence-corrected chi connectivity index (χ3v) is 3.54. The quantitative estimate of drug-likeness (QED) is 0.134. The molecule has 0 fully saturated rings. The van der Waals surface area contributed by atoms with Gasteiger partial charge in [0.1, 0.15) is 5.76 Å². The highest BCUT2D eigenvalue weighted by molar-refractivity contribution is 5.66. The molecule has 4 heteroatoms. The van der Waals surface area contributed by atoms with Gasteiger partial charge in [-0.3, -0.25) is 4.79 Å². The first-order valence-corrected chi connectivity index (χ1v) is 8.58. The summed E-state index contributed by atoms with van der Waals surface area (Å²) in [6.07, 6.45) is 17.7. The second kappa shape index (κ2) is 16.1. The number of rotatable bonds is 15. The molecule has 4 nitrogen and oxygen atoms in total. The Hall–Kier alpha value is -1.29. The molecular weight excluding hydrogens is 280 g/mol. The van der Waals surface area contributed by atoms with Crippen LogP contribution in [0.25, 0.3) is 0 Å². The minimum atomic E-state index is -0.701. The molecule has 22 heavy (non-hydrogen) atoms. The molecular formula is C18H32O4. The van der Waals surface area contributed by atoms with Crippen LogP contribution in [0.1, 0.15) is 84.0 Å². The third-order valence-electron chi connectivity index (χ3n) is 3.54. The fraction of sp³-hybridized carbons (Fsp3) is 0.722. The van der Waals surface area contributed by atoms with Crippen molar-refractivity contribution in [2.24, 2.45) is 0 Å². The van der Waals surface area contributed by atoms with Crippen molar-refractivity contribution in [3.63, 3.8) is 0 Å². The Kier molecular flexibility index (Phi) is 15.1. The standard InChI is InChI=1S/C18H32O4/c1-2-3-4-11-14-17(22-21)15-12-9-7-5-6-8-10-13-16-18(19)20/h9,12,14,21H,2-8,10-11,13,15-16H2,1H3,(H,19,20)/b12-9-,17-14-. The molecule has 0 heterocycles. The molecule has 0 unspecified atom stereocenters. The molecule has 0 rings (SSSR count). The van der Waals surface area contributed by atoms with Crippen LogP contribution >= 0.6 is 0 Å². The molecule has 0 saturated carbocycles. The largest absolute Gasteiger partial charge is 0.481 e. The van der Waals surface area contributed by atoms with Gasteiger partial charge in [-0.05, 0) is 38.2 Å². The van der Waals surface area contributed by atoms with Crippen molar-refractivity contribution in [2.45, 2.75) is 84.0 Å². The molecule has 128 valence electrons. The first-order chi connectivity index (χ1) is 10.7. The maximum Gasteiger partial charge on any atom is 0.303 e. The van der Waals surface area contributed by atoms with Crippen LogP contribution in [0.2, 0.25) is 0 Å². The van der Waals surface area contributed by atoms with E-state index in [1.165, 1.54) is 12.8 Å². The highest BCUT2D eigenvalue weighted by atomic mass is 17.1. The molecule has 0 bridgehead atoms. The number of carbonyl (C=O) groups is 1. The van der Waals surface area contributed by atoms with Crippen molar-refractivity contribution in [1.82, 2.24) is 0 Å². The predicted molar refractivity (Wildman–Crippen MR) is 89.7 cm³/mol. The second-order valence-electron chi connectivity index (χ2n) is 5.63. The normalized spacial score (nSPS) is 12.0. The number of aliphatic carboxylic acids is 1. The van der Waals surface area contributed by atoms with Crippen LogP contribution in [0.4, 0.5) is 0 Å². The summed E-state index contributed by atoms with van der Waals surface area (Å²) in [5.41, 5.74) is 0. The minimum Gasteiger partial charge on any atom is -0.481 e. The van der Waals surface area contributed by atoms with Crippen LogP contribution < -0.4 is 0 Å². The van der Waals surface area contributed by atoms with Crippen molar-refractivity contribution in [3.8, 4) is 0 Å². The maximum atomic E-state index is 10.3. The fourth-order valence-electron chi connectivity index (χ4n) is 2.20. The Morgan fingerprint density at radius 2 is 1.64 bits per heavy atom.